The number of carbonyl (C=O) groups excluding carboxylic acids is 1. The zero-order valence-corrected chi connectivity index (χ0v) is 16.7. The lowest BCUT2D eigenvalue weighted by Crippen LogP contribution is -2.24. The van der Waals surface area contributed by atoms with Gasteiger partial charge in [-0.1, -0.05) is 23.4 Å². The molecule has 0 fully saturated rings. The molecular formula is C20H18ClFN2O3S. The molecule has 0 aliphatic heterocycles. The van der Waals surface area contributed by atoms with E-state index in [0.29, 0.717) is 46.2 Å². The highest BCUT2D eigenvalue weighted by Crippen LogP contribution is 2.21. The monoisotopic (exact) mass is 420 g/mol. The summed E-state index contributed by atoms with van der Waals surface area (Å²) < 4.78 is 19.7. The number of hydrogen-bond acceptors (Lipinski definition) is 5. The third-order valence-electron chi connectivity index (χ3n) is 4.11. The number of Topliss-reactive ketones (excluding diaryl/α,β-unsaturated/α-hetero) is 1. The quantitative estimate of drug-likeness (QED) is 0.236. The van der Waals surface area contributed by atoms with Crippen molar-refractivity contribution in [3.63, 3.8) is 0 Å². The lowest BCUT2D eigenvalue weighted by molar-refractivity contribution is 0.102. The predicted octanol–water partition coefficient (Wildman–Crippen LogP) is 4.20. The second kappa shape index (κ2) is 9.32. The van der Waals surface area contributed by atoms with Crippen LogP contribution in [0.4, 0.5) is 4.39 Å². The second-order valence-electron chi connectivity index (χ2n) is 6.08. The predicted molar refractivity (Wildman–Crippen MR) is 109 cm³/mol. The minimum Gasteiger partial charge on any atom is -0.385 e. The Morgan fingerprint density at radius 3 is 2.71 bits per heavy atom. The number of aromatic nitrogens is 2. The fourth-order valence-electron chi connectivity index (χ4n) is 2.70. The minimum absolute atomic E-state index is 0.0778. The molecule has 0 spiro atoms. The average molecular weight is 421 g/mol. The Morgan fingerprint density at radius 2 is 2.00 bits per heavy atom. The molecule has 8 heteroatoms. The van der Waals surface area contributed by atoms with E-state index in [2.05, 4.69) is 4.98 Å². The highest BCUT2D eigenvalue weighted by atomic mass is 35.5. The molecule has 0 saturated carbocycles. The van der Waals surface area contributed by atoms with Crippen molar-refractivity contribution in [1.82, 2.24) is 9.55 Å². The number of ether oxygens (including phenoxy) is 1. The molecule has 3 rings (SSSR count). The first-order valence-electron chi connectivity index (χ1n) is 8.60. The Labute approximate surface area is 170 Å². The number of fused-ring (bicyclic) bond motifs is 1. The zero-order chi connectivity index (χ0) is 20.1. The summed E-state index contributed by atoms with van der Waals surface area (Å²) in [4.78, 5) is 29.9. The number of carbonyl (C=O) groups is 1. The van der Waals surface area contributed by atoms with Gasteiger partial charge in [-0.2, -0.15) is 0 Å². The molecule has 0 radical (unpaired) electrons. The van der Waals surface area contributed by atoms with E-state index in [0.717, 1.165) is 0 Å². The van der Waals surface area contributed by atoms with Crippen LogP contribution >= 0.6 is 23.4 Å². The maximum absolute atomic E-state index is 13.0. The van der Waals surface area contributed by atoms with Crippen molar-refractivity contribution in [3.8, 4) is 0 Å². The van der Waals surface area contributed by atoms with Crippen LogP contribution in [0.5, 0.6) is 0 Å². The van der Waals surface area contributed by atoms with Crippen molar-refractivity contribution in [2.75, 3.05) is 19.5 Å². The van der Waals surface area contributed by atoms with Crippen LogP contribution in [-0.4, -0.2) is 34.8 Å². The molecule has 0 unspecified atom stereocenters. The first-order valence-corrected chi connectivity index (χ1v) is 9.96. The Hall–Kier alpha value is -2.22. The Bertz CT molecular complexity index is 1050. The van der Waals surface area contributed by atoms with Gasteiger partial charge in [-0.05, 0) is 48.9 Å². The number of rotatable bonds is 8. The number of halogens is 2. The van der Waals surface area contributed by atoms with Crippen LogP contribution in [0.1, 0.15) is 16.8 Å². The minimum atomic E-state index is -0.399. The number of methoxy groups -OCH3 is 1. The largest absolute Gasteiger partial charge is 0.385 e. The number of thioether (sulfide) groups is 1. The van der Waals surface area contributed by atoms with E-state index in [-0.39, 0.29) is 17.1 Å². The van der Waals surface area contributed by atoms with E-state index in [9.17, 15) is 14.0 Å². The lowest BCUT2D eigenvalue weighted by atomic mass is 10.1. The van der Waals surface area contributed by atoms with Crippen molar-refractivity contribution in [3.05, 3.63) is 69.2 Å². The van der Waals surface area contributed by atoms with Crippen molar-refractivity contribution < 1.29 is 13.9 Å². The summed E-state index contributed by atoms with van der Waals surface area (Å²) in [6, 6.07) is 10.3. The molecule has 0 N–H and O–H groups in total. The maximum Gasteiger partial charge on any atom is 0.262 e. The van der Waals surface area contributed by atoms with Gasteiger partial charge in [0.05, 0.1) is 16.7 Å². The van der Waals surface area contributed by atoms with Gasteiger partial charge < -0.3 is 4.74 Å². The van der Waals surface area contributed by atoms with Gasteiger partial charge in [-0.15, -0.1) is 0 Å². The zero-order valence-electron chi connectivity index (χ0n) is 15.2. The number of nitrogens with zero attached hydrogens (tertiary/aromatic N) is 2. The fraction of sp³-hybridized carbons (Fsp3) is 0.250. The van der Waals surface area contributed by atoms with Gasteiger partial charge >= 0.3 is 0 Å². The normalized spacial score (nSPS) is 11.1. The van der Waals surface area contributed by atoms with E-state index in [1.807, 2.05) is 0 Å². The number of benzene rings is 2. The smallest absolute Gasteiger partial charge is 0.262 e. The van der Waals surface area contributed by atoms with E-state index in [4.69, 9.17) is 16.3 Å². The topological polar surface area (TPSA) is 61.2 Å². The summed E-state index contributed by atoms with van der Waals surface area (Å²) in [5.74, 6) is -0.493. The van der Waals surface area contributed by atoms with Gasteiger partial charge in [0.1, 0.15) is 5.82 Å². The van der Waals surface area contributed by atoms with Crippen molar-refractivity contribution in [2.24, 2.45) is 0 Å². The van der Waals surface area contributed by atoms with Gasteiger partial charge in [0.25, 0.3) is 5.56 Å². The van der Waals surface area contributed by atoms with Crippen LogP contribution in [0.2, 0.25) is 5.02 Å². The molecule has 0 amide bonds. The molecule has 2 aromatic carbocycles. The van der Waals surface area contributed by atoms with Gasteiger partial charge in [0, 0.05) is 30.8 Å². The summed E-state index contributed by atoms with van der Waals surface area (Å²) in [6.07, 6.45) is 0.636. The highest BCUT2D eigenvalue weighted by Gasteiger charge is 2.14. The lowest BCUT2D eigenvalue weighted by Gasteiger charge is -2.13. The van der Waals surface area contributed by atoms with Crippen molar-refractivity contribution >= 4 is 40.0 Å². The molecule has 0 atom stereocenters. The summed E-state index contributed by atoms with van der Waals surface area (Å²) in [5.41, 5.74) is 0.706. The van der Waals surface area contributed by atoms with Crippen LogP contribution in [-0.2, 0) is 11.3 Å². The summed E-state index contributed by atoms with van der Waals surface area (Å²) in [7, 11) is 1.60. The van der Waals surface area contributed by atoms with Crippen LogP contribution in [0.25, 0.3) is 10.9 Å². The van der Waals surface area contributed by atoms with Crippen LogP contribution in [0.3, 0.4) is 0 Å². The highest BCUT2D eigenvalue weighted by molar-refractivity contribution is 7.99. The van der Waals surface area contributed by atoms with Crippen LogP contribution in [0.15, 0.2) is 52.4 Å². The standard InChI is InChI=1S/C20H18ClFN2O3S/c1-27-10-2-9-24-19(26)16-8-5-14(21)11-17(16)23-20(24)28-12-18(25)13-3-6-15(22)7-4-13/h3-8,11H,2,9-10,12H2,1H3. The molecule has 3 aromatic rings. The van der Waals surface area contributed by atoms with Crippen LogP contribution < -0.4 is 5.56 Å². The second-order valence-corrected chi connectivity index (χ2v) is 7.46. The van der Waals surface area contributed by atoms with Gasteiger partial charge in [0.2, 0.25) is 0 Å². The van der Waals surface area contributed by atoms with E-state index in [1.165, 1.54) is 36.0 Å². The number of ketones is 1. The Kier molecular flexibility index (Phi) is 6.83. The first-order chi connectivity index (χ1) is 13.5. The fourth-order valence-corrected chi connectivity index (χ4v) is 3.78. The Morgan fingerprint density at radius 1 is 1.25 bits per heavy atom. The van der Waals surface area contributed by atoms with Crippen LogP contribution in [0, 0.1) is 5.82 Å². The first kappa shape index (κ1) is 20.5. The third kappa shape index (κ3) is 4.79. The summed E-state index contributed by atoms with van der Waals surface area (Å²) >= 11 is 7.20. The SMILES string of the molecule is COCCCn1c(SCC(=O)c2ccc(F)cc2)nc2cc(Cl)ccc2c1=O. The number of hydrogen-bond donors (Lipinski definition) is 0. The van der Waals surface area contributed by atoms with E-state index >= 15 is 0 Å². The van der Waals surface area contributed by atoms with Crippen molar-refractivity contribution in [1.29, 1.82) is 0 Å². The van der Waals surface area contributed by atoms with E-state index < -0.39 is 5.82 Å². The summed E-state index contributed by atoms with van der Waals surface area (Å²) in [5, 5.41) is 1.39. The molecule has 5 nitrogen and oxygen atoms in total. The van der Waals surface area contributed by atoms with E-state index in [1.54, 1.807) is 29.9 Å². The molecule has 0 aliphatic carbocycles. The molecule has 28 heavy (non-hydrogen) atoms. The molecule has 1 heterocycles. The average Bonchev–Trinajstić information content (AvgIpc) is 2.68. The molecule has 0 aliphatic rings. The van der Waals surface area contributed by atoms with Gasteiger partial charge in [0.15, 0.2) is 10.9 Å². The van der Waals surface area contributed by atoms with Gasteiger partial charge in [-0.25, -0.2) is 9.37 Å². The molecule has 0 saturated heterocycles. The molecule has 1 aromatic heterocycles. The third-order valence-corrected chi connectivity index (χ3v) is 5.32. The summed E-state index contributed by atoms with van der Waals surface area (Å²) in [6.45, 7) is 0.926. The van der Waals surface area contributed by atoms with Gasteiger partial charge in [-0.3, -0.25) is 14.2 Å². The molecule has 146 valence electrons. The Balaban J connectivity index is 1.90. The molecular weight excluding hydrogens is 403 g/mol. The maximum atomic E-state index is 13.0. The molecule has 0 bridgehead atoms. The van der Waals surface area contributed by atoms with Crippen molar-refractivity contribution in [2.45, 2.75) is 18.1 Å².